The average molecular weight is 305 g/mol. The number of hydrogen-bond donors (Lipinski definition) is 1. The SMILES string of the molecule is Cc1ccc(Cl)c(Oc2cccc(CNCC(C)C)n2)c1. The number of nitrogens with one attached hydrogen (secondary N) is 1. The second kappa shape index (κ2) is 7.43. The summed E-state index contributed by atoms with van der Waals surface area (Å²) in [4.78, 5) is 4.49. The van der Waals surface area contributed by atoms with Gasteiger partial charge in [0.25, 0.3) is 0 Å². The predicted molar refractivity (Wildman–Crippen MR) is 87.0 cm³/mol. The van der Waals surface area contributed by atoms with Crippen LogP contribution in [0.15, 0.2) is 36.4 Å². The van der Waals surface area contributed by atoms with Crippen molar-refractivity contribution in [1.29, 1.82) is 0 Å². The number of benzene rings is 1. The Morgan fingerprint density at radius 1 is 1.24 bits per heavy atom. The number of nitrogens with zero attached hydrogens (tertiary/aromatic N) is 1. The molecule has 1 N–H and O–H groups in total. The van der Waals surface area contributed by atoms with E-state index < -0.39 is 0 Å². The van der Waals surface area contributed by atoms with E-state index in [9.17, 15) is 0 Å². The van der Waals surface area contributed by atoms with E-state index in [-0.39, 0.29) is 0 Å². The molecule has 4 heteroatoms. The van der Waals surface area contributed by atoms with Gasteiger partial charge < -0.3 is 10.1 Å². The molecule has 0 saturated heterocycles. The molecule has 2 aromatic rings. The molecule has 112 valence electrons. The molecule has 0 atom stereocenters. The predicted octanol–water partition coefficient (Wildman–Crippen LogP) is 4.58. The van der Waals surface area contributed by atoms with Crippen molar-refractivity contribution in [2.45, 2.75) is 27.3 Å². The molecule has 0 aliphatic carbocycles. The largest absolute Gasteiger partial charge is 0.437 e. The van der Waals surface area contributed by atoms with Gasteiger partial charge in [-0.1, -0.05) is 37.6 Å². The zero-order valence-electron chi connectivity index (χ0n) is 12.7. The van der Waals surface area contributed by atoms with Crippen LogP contribution in [0.5, 0.6) is 11.6 Å². The van der Waals surface area contributed by atoms with Gasteiger partial charge in [0.2, 0.25) is 5.88 Å². The Labute approximate surface area is 131 Å². The minimum Gasteiger partial charge on any atom is -0.437 e. The lowest BCUT2D eigenvalue weighted by molar-refractivity contribution is 0.458. The van der Waals surface area contributed by atoms with Crippen molar-refractivity contribution in [1.82, 2.24) is 10.3 Å². The molecule has 0 amide bonds. The van der Waals surface area contributed by atoms with Crippen LogP contribution in [0.25, 0.3) is 0 Å². The summed E-state index contributed by atoms with van der Waals surface area (Å²) >= 11 is 6.14. The molecule has 1 aromatic heterocycles. The van der Waals surface area contributed by atoms with E-state index in [1.807, 2.05) is 43.3 Å². The van der Waals surface area contributed by atoms with Crippen LogP contribution in [-0.4, -0.2) is 11.5 Å². The number of hydrogen-bond acceptors (Lipinski definition) is 3. The van der Waals surface area contributed by atoms with Crippen molar-refractivity contribution in [3.05, 3.63) is 52.7 Å². The molecule has 0 fully saturated rings. The highest BCUT2D eigenvalue weighted by Crippen LogP contribution is 2.29. The molecule has 3 nitrogen and oxygen atoms in total. The van der Waals surface area contributed by atoms with Crippen LogP contribution in [0.1, 0.15) is 25.1 Å². The summed E-state index contributed by atoms with van der Waals surface area (Å²) in [6.07, 6.45) is 0. The van der Waals surface area contributed by atoms with E-state index in [0.717, 1.165) is 24.3 Å². The fourth-order valence-corrected chi connectivity index (χ4v) is 2.06. The van der Waals surface area contributed by atoms with Crippen molar-refractivity contribution >= 4 is 11.6 Å². The summed E-state index contributed by atoms with van der Waals surface area (Å²) in [6.45, 7) is 8.07. The van der Waals surface area contributed by atoms with E-state index in [1.54, 1.807) is 0 Å². The van der Waals surface area contributed by atoms with E-state index in [0.29, 0.717) is 22.6 Å². The second-order valence-electron chi connectivity index (χ2n) is 5.53. The lowest BCUT2D eigenvalue weighted by Gasteiger charge is -2.10. The van der Waals surface area contributed by atoms with Gasteiger partial charge in [-0.25, -0.2) is 4.98 Å². The third-order valence-corrected chi connectivity index (χ3v) is 3.25. The molecule has 21 heavy (non-hydrogen) atoms. The second-order valence-corrected chi connectivity index (χ2v) is 5.94. The standard InChI is InChI=1S/C17H21ClN2O/c1-12(2)10-19-11-14-5-4-6-17(20-14)21-16-9-13(3)7-8-15(16)18/h4-9,12,19H,10-11H2,1-3H3. The summed E-state index contributed by atoms with van der Waals surface area (Å²) in [5.74, 6) is 1.82. The molecular formula is C17H21ClN2O. The van der Waals surface area contributed by atoms with Gasteiger partial charge in [0.15, 0.2) is 0 Å². The van der Waals surface area contributed by atoms with E-state index in [4.69, 9.17) is 16.3 Å². The topological polar surface area (TPSA) is 34.1 Å². The van der Waals surface area contributed by atoms with E-state index in [1.165, 1.54) is 0 Å². The molecule has 2 rings (SSSR count). The van der Waals surface area contributed by atoms with Gasteiger partial charge in [0.05, 0.1) is 10.7 Å². The Kier molecular flexibility index (Phi) is 5.59. The summed E-state index contributed by atoms with van der Waals surface area (Å²) in [6, 6.07) is 11.5. The zero-order chi connectivity index (χ0) is 15.2. The molecule has 0 saturated carbocycles. The van der Waals surface area contributed by atoms with Crippen molar-refractivity contribution in [3.63, 3.8) is 0 Å². The summed E-state index contributed by atoms with van der Waals surface area (Å²) < 4.78 is 5.79. The Balaban J connectivity index is 2.05. The van der Waals surface area contributed by atoms with Crippen molar-refractivity contribution < 1.29 is 4.74 Å². The van der Waals surface area contributed by atoms with Crippen LogP contribution in [0.2, 0.25) is 5.02 Å². The van der Waals surface area contributed by atoms with Gasteiger partial charge in [0.1, 0.15) is 5.75 Å². The molecule has 0 radical (unpaired) electrons. The lowest BCUT2D eigenvalue weighted by atomic mass is 10.2. The highest BCUT2D eigenvalue weighted by Gasteiger charge is 2.05. The number of pyridine rings is 1. The van der Waals surface area contributed by atoms with Gasteiger partial charge >= 0.3 is 0 Å². The van der Waals surface area contributed by atoms with Crippen molar-refractivity contribution in [2.75, 3.05) is 6.54 Å². The lowest BCUT2D eigenvalue weighted by Crippen LogP contribution is -2.19. The van der Waals surface area contributed by atoms with Crippen LogP contribution >= 0.6 is 11.6 Å². The van der Waals surface area contributed by atoms with Crippen LogP contribution in [0.3, 0.4) is 0 Å². The van der Waals surface area contributed by atoms with Gasteiger partial charge in [-0.15, -0.1) is 0 Å². The van der Waals surface area contributed by atoms with Gasteiger partial charge in [0, 0.05) is 12.6 Å². The molecule has 1 aromatic carbocycles. The summed E-state index contributed by atoms with van der Waals surface area (Å²) in [7, 11) is 0. The van der Waals surface area contributed by atoms with Gasteiger partial charge in [-0.05, 0) is 43.1 Å². The molecule has 0 aliphatic rings. The first-order chi connectivity index (χ1) is 10.0. The highest BCUT2D eigenvalue weighted by atomic mass is 35.5. The maximum absolute atomic E-state index is 6.14. The zero-order valence-corrected chi connectivity index (χ0v) is 13.4. The number of rotatable bonds is 6. The van der Waals surface area contributed by atoms with Crippen LogP contribution < -0.4 is 10.1 Å². The maximum atomic E-state index is 6.14. The van der Waals surface area contributed by atoms with E-state index in [2.05, 4.69) is 24.1 Å². The molecule has 1 heterocycles. The van der Waals surface area contributed by atoms with Gasteiger partial charge in [-0.2, -0.15) is 0 Å². The smallest absolute Gasteiger partial charge is 0.219 e. The number of ether oxygens (including phenoxy) is 1. The Hall–Kier alpha value is -1.58. The molecule has 0 spiro atoms. The van der Waals surface area contributed by atoms with E-state index >= 15 is 0 Å². The normalized spacial score (nSPS) is 10.9. The van der Waals surface area contributed by atoms with Crippen LogP contribution in [0, 0.1) is 12.8 Å². The molecule has 0 unspecified atom stereocenters. The van der Waals surface area contributed by atoms with Crippen molar-refractivity contribution in [2.24, 2.45) is 5.92 Å². The van der Waals surface area contributed by atoms with Crippen LogP contribution in [-0.2, 0) is 6.54 Å². The fourth-order valence-electron chi connectivity index (χ4n) is 1.90. The van der Waals surface area contributed by atoms with Crippen LogP contribution in [0.4, 0.5) is 0 Å². The number of aryl methyl sites for hydroxylation is 1. The minimum absolute atomic E-state index is 0.561. The van der Waals surface area contributed by atoms with Crippen molar-refractivity contribution in [3.8, 4) is 11.6 Å². The Morgan fingerprint density at radius 3 is 2.81 bits per heavy atom. The third-order valence-electron chi connectivity index (χ3n) is 2.94. The first-order valence-corrected chi connectivity index (χ1v) is 7.53. The minimum atomic E-state index is 0.561. The Bertz CT molecular complexity index is 599. The first-order valence-electron chi connectivity index (χ1n) is 7.15. The Morgan fingerprint density at radius 2 is 2.05 bits per heavy atom. The first kappa shape index (κ1) is 15.8. The third kappa shape index (κ3) is 5.03. The fraction of sp³-hybridized carbons (Fsp3) is 0.353. The number of aromatic nitrogens is 1. The number of halogens is 1. The summed E-state index contributed by atoms with van der Waals surface area (Å²) in [5, 5.41) is 3.96. The highest BCUT2D eigenvalue weighted by molar-refractivity contribution is 6.32. The quantitative estimate of drug-likeness (QED) is 0.848. The monoisotopic (exact) mass is 304 g/mol. The maximum Gasteiger partial charge on any atom is 0.219 e. The molecule has 0 bridgehead atoms. The average Bonchev–Trinajstić information content (AvgIpc) is 2.43. The molecule has 0 aliphatic heterocycles. The summed E-state index contributed by atoms with van der Waals surface area (Å²) in [5.41, 5.74) is 2.06. The molecular weight excluding hydrogens is 284 g/mol. The van der Waals surface area contributed by atoms with Gasteiger partial charge in [-0.3, -0.25) is 0 Å².